The SMILES string of the molecule is CN(C)c1cccc(C(=O)N2CCc3nc(NC(=O)c4cnccn4)sc3C2)c1. The molecular formula is C20H20N6O2S. The molecule has 0 bridgehead atoms. The van der Waals surface area contributed by atoms with Crippen molar-refractivity contribution in [1.82, 2.24) is 19.9 Å². The maximum Gasteiger partial charge on any atom is 0.277 e. The van der Waals surface area contributed by atoms with E-state index in [2.05, 4.69) is 20.3 Å². The molecule has 0 aliphatic carbocycles. The van der Waals surface area contributed by atoms with E-state index in [1.165, 1.54) is 29.9 Å². The van der Waals surface area contributed by atoms with Gasteiger partial charge in [-0.2, -0.15) is 0 Å². The van der Waals surface area contributed by atoms with Crippen molar-refractivity contribution < 1.29 is 9.59 Å². The molecule has 4 rings (SSSR count). The summed E-state index contributed by atoms with van der Waals surface area (Å²) in [5.41, 5.74) is 2.81. The fourth-order valence-electron chi connectivity index (χ4n) is 3.10. The zero-order chi connectivity index (χ0) is 20.4. The van der Waals surface area contributed by atoms with Gasteiger partial charge in [-0.15, -0.1) is 0 Å². The van der Waals surface area contributed by atoms with Gasteiger partial charge in [-0.1, -0.05) is 17.4 Å². The van der Waals surface area contributed by atoms with E-state index in [4.69, 9.17) is 0 Å². The molecular weight excluding hydrogens is 388 g/mol. The second-order valence-electron chi connectivity index (χ2n) is 6.86. The second kappa shape index (κ2) is 7.96. The van der Waals surface area contributed by atoms with Gasteiger partial charge in [0.05, 0.1) is 18.4 Å². The lowest BCUT2D eigenvalue weighted by Crippen LogP contribution is -2.35. The monoisotopic (exact) mass is 408 g/mol. The van der Waals surface area contributed by atoms with E-state index < -0.39 is 0 Å². The number of carbonyl (C=O) groups is 2. The molecule has 0 unspecified atom stereocenters. The molecule has 3 heterocycles. The Kier molecular flexibility index (Phi) is 5.22. The Bertz CT molecular complexity index is 1050. The number of fused-ring (bicyclic) bond motifs is 1. The van der Waals surface area contributed by atoms with Crippen LogP contribution in [0.25, 0.3) is 0 Å². The van der Waals surface area contributed by atoms with Gasteiger partial charge in [-0.3, -0.25) is 19.9 Å². The number of hydrogen-bond acceptors (Lipinski definition) is 7. The van der Waals surface area contributed by atoms with Gasteiger partial charge in [0, 0.05) is 55.6 Å². The predicted octanol–water partition coefficient (Wildman–Crippen LogP) is 2.45. The van der Waals surface area contributed by atoms with E-state index in [-0.39, 0.29) is 17.5 Å². The minimum Gasteiger partial charge on any atom is -0.378 e. The third-order valence-corrected chi connectivity index (χ3v) is 5.64. The number of hydrogen-bond donors (Lipinski definition) is 1. The van der Waals surface area contributed by atoms with Gasteiger partial charge < -0.3 is 9.80 Å². The van der Waals surface area contributed by atoms with Crippen LogP contribution in [-0.4, -0.2) is 52.3 Å². The van der Waals surface area contributed by atoms with Crippen LogP contribution in [-0.2, 0) is 13.0 Å². The van der Waals surface area contributed by atoms with Crippen molar-refractivity contribution in [2.75, 3.05) is 30.9 Å². The Morgan fingerprint density at radius 2 is 2.10 bits per heavy atom. The van der Waals surface area contributed by atoms with E-state index in [1.807, 2.05) is 48.2 Å². The van der Waals surface area contributed by atoms with Gasteiger partial charge in [0.25, 0.3) is 11.8 Å². The van der Waals surface area contributed by atoms with Crippen LogP contribution in [0.5, 0.6) is 0 Å². The lowest BCUT2D eigenvalue weighted by molar-refractivity contribution is 0.0736. The summed E-state index contributed by atoms with van der Waals surface area (Å²) in [4.78, 5) is 42.4. The highest BCUT2D eigenvalue weighted by atomic mass is 32.1. The fraction of sp³-hybridized carbons (Fsp3) is 0.250. The Morgan fingerprint density at radius 3 is 2.86 bits per heavy atom. The summed E-state index contributed by atoms with van der Waals surface area (Å²) in [6.45, 7) is 1.08. The van der Waals surface area contributed by atoms with Gasteiger partial charge in [-0.25, -0.2) is 9.97 Å². The molecule has 2 aromatic heterocycles. The van der Waals surface area contributed by atoms with Crippen molar-refractivity contribution in [3.05, 3.63) is 64.7 Å². The molecule has 29 heavy (non-hydrogen) atoms. The van der Waals surface area contributed by atoms with Crippen LogP contribution in [0.2, 0.25) is 0 Å². The zero-order valence-corrected chi connectivity index (χ0v) is 16.9. The van der Waals surface area contributed by atoms with Gasteiger partial charge in [-0.05, 0) is 18.2 Å². The summed E-state index contributed by atoms with van der Waals surface area (Å²) >= 11 is 1.39. The van der Waals surface area contributed by atoms with Crippen LogP contribution in [0.15, 0.2) is 42.9 Å². The summed E-state index contributed by atoms with van der Waals surface area (Å²) in [6, 6.07) is 7.60. The van der Waals surface area contributed by atoms with Crippen molar-refractivity contribution >= 4 is 34.0 Å². The summed E-state index contributed by atoms with van der Waals surface area (Å²) in [5, 5.41) is 3.28. The number of amides is 2. The number of nitrogens with one attached hydrogen (secondary N) is 1. The van der Waals surface area contributed by atoms with E-state index in [0.717, 1.165) is 16.3 Å². The highest BCUT2D eigenvalue weighted by Crippen LogP contribution is 2.29. The van der Waals surface area contributed by atoms with E-state index in [9.17, 15) is 9.59 Å². The van der Waals surface area contributed by atoms with Gasteiger partial charge >= 0.3 is 0 Å². The first-order valence-electron chi connectivity index (χ1n) is 9.14. The smallest absolute Gasteiger partial charge is 0.277 e. The van der Waals surface area contributed by atoms with Gasteiger partial charge in [0.2, 0.25) is 0 Å². The first kappa shape index (κ1) is 19.0. The first-order valence-corrected chi connectivity index (χ1v) is 9.95. The minimum absolute atomic E-state index is 0.00195. The average Bonchev–Trinajstić information content (AvgIpc) is 3.15. The minimum atomic E-state index is -0.349. The topological polar surface area (TPSA) is 91.3 Å². The third kappa shape index (κ3) is 4.09. The molecule has 1 aliphatic rings. The fourth-order valence-corrected chi connectivity index (χ4v) is 4.12. The average molecular weight is 408 g/mol. The molecule has 0 radical (unpaired) electrons. The molecule has 1 N–H and O–H groups in total. The number of aromatic nitrogens is 3. The van der Waals surface area contributed by atoms with Crippen LogP contribution >= 0.6 is 11.3 Å². The predicted molar refractivity (Wildman–Crippen MR) is 111 cm³/mol. The maximum atomic E-state index is 13.0. The second-order valence-corrected chi connectivity index (χ2v) is 7.94. The van der Waals surface area contributed by atoms with Crippen molar-refractivity contribution in [3.63, 3.8) is 0 Å². The quantitative estimate of drug-likeness (QED) is 0.713. The molecule has 1 aliphatic heterocycles. The highest BCUT2D eigenvalue weighted by molar-refractivity contribution is 7.15. The lowest BCUT2D eigenvalue weighted by atomic mass is 10.1. The lowest BCUT2D eigenvalue weighted by Gasteiger charge is -2.26. The molecule has 2 amide bonds. The van der Waals surface area contributed by atoms with Crippen molar-refractivity contribution in [1.29, 1.82) is 0 Å². The summed E-state index contributed by atoms with van der Waals surface area (Å²) in [5.74, 6) is -0.351. The van der Waals surface area contributed by atoms with E-state index >= 15 is 0 Å². The van der Waals surface area contributed by atoms with E-state index in [0.29, 0.717) is 30.2 Å². The number of benzene rings is 1. The van der Waals surface area contributed by atoms with Crippen LogP contribution in [0.4, 0.5) is 10.8 Å². The first-order chi connectivity index (χ1) is 14.0. The summed E-state index contributed by atoms with van der Waals surface area (Å²) in [7, 11) is 3.90. The molecule has 0 saturated heterocycles. The van der Waals surface area contributed by atoms with Crippen molar-refractivity contribution in [3.8, 4) is 0 Å². The Balaban J connectivity index is 1.47. The summed E-state index contributed by atoms with van der Waals surface area (Å²) < 4.78 is 0. The van der Waals surface area contributed by atoms with E-state index in [1.54, 1.807) is 0 Å². The number of rotatable bonds is 4. The largest absolute Gasteiger partial charge is 0.378 e. The highest BCUT2D eigenvalue weighted by Gasteiger charge is 2.25. The Morgan fingerprint density at radius 1 is 1.24 bits per heavy atom. The number of nitrogens with zero attached hydrogens (tertiary/aromatic N) is 5. The number of anilines is 2. The molecule has 8 nitrogen and oxygen atoms in total. The molecule has 0 atom stereocenters. The third-order valence-electron chi connectivity index (χ3n) is 4.64. The molecule has 0 fully saturated rings. The molecule has 0 spiro atoms. The van der Waals surface area contributed by atoms with Crippen LogP contribution in [0, 0.1) is 0 Å². The normalized spacial score (nSPS) is 13.0. The van der Waals surface area contributed by atoms with Crippen LogP contribution < -0.4 is 10.2 Å². The molecule has 9 heteroatoms. The number of carbonyl (C=O) groups excluding carboxylic acids is 2. The molecule has 3 aromatic rings. The zero-order valence-electron chi connectivity index (χ0n) is 16.1. The van der Waals surface area contributed by atoms with Crippen molar-refractivity contribution in [2.45, 2.75) is 13.0 Å². The standard InChI is InChI=1S/C20H20N6O2S/c1-25(2)14-5-3-4-13(10-14)19(28)26-9-6-15-17(12-26)29-20(23-15)24-18(27)16-11-21-7-8-22-16/h3-5,7-8,10-11H,6,9,12H2,1-2H3,(H,23,24,27). The van der Waals surface area contributed by atoms with Gasteiger partial charge in [0.1, 0.15) is 5.69 Å². The Hall–Kier alpha value is -3.33. The van der Waals surface area contributed by atoms with Crippen LogP contribution in [0.1, 0.15) is 31.4 Å². The molecule has 1 aromatic carbocycles. The molecule has 148 valence electrons. The van der Waals surface area contributed by atoms with Gasteiger partial charge in [0.15, 0.2) is 5.13 Å². The molecule has 0 saturated carbocycles. The Labute approximate surface area is 172 Å². The number of thiazole rings is 1. The van der Waals surface area contributed by atoms with Crippen LogP contribution in [0.3, 0.4) is 0 Å². The maximum absolute atomic E-state index is 13.0. The summed E-state index contributed by atoms with van der Waals surface area (Å²) in [6.07, 6.45) is 5.05. The van der Waals surface area contributed by atoms with Crippen molar-refractivity contribution in [2.24, 2.45) is 0 Å².